The second kappa shape index (κ2) is 4.96. The lowest BCUT2D eigenvalue weighted by Crippen LogP contribution is -2.13. The molecule has 0 fully saturated rings. The van der Waals surface area contributed by atoms with Crippen molar-refractivity contribution in [3.05, 3.63) is 59.2 Å². The molecule has 1 aliphatic rings. The third-order valence-electron chi connectivity index (χ3n) is 3.33. The molecule has 2 aromatic rings. The highest BCUT2D eigenvalue weighted by Gasteiger charge is 2.31. The van der Waals surface area contributed by atoms with E-state index in [0.717, 1.165) is 12.1 Å². The van der Waals surface area contributed by atoms with Gasteiger partial charge in [0, 0.05) is 0 Å². The van der Waals surface area contributed by atoms with Gasteiger partial charge >= 0.3 is 6.18 Å². The zero-order valence-corrected chi connectivity index (χ0v) is 10.9. The van der Waals surface area contributed by atoms with Crippen LogP contribution in [-0.4, -0.2) is 6.79 Å². The van der Waals surface area contributed by atoms with Crippen molar-refractivity contribution in [2.75, 3.05) is 6.79 Å². The van der Waals surface area contributed by atoms with Gasteiger partial charge in [-0.05, 0) is 35.4 Å². The summed E-state index contributed by atoms with van der Waals surface area (Å²) in [6.45, 7) is 0.136. The maximum atomic E-state index is 12.7. The topological polar surface area (TPSA) is 44.5 Å². The molecule has 1 unspecified atom stereocenters. The lowest BCUT2D eigenvalue weighted by atomic mass is 9.97. The van der Waals surface area contributed by atoms with Crippen molar-refractivity contribution in [1.29, 1.82) is 0 Å². The maximum absolute atomic E-state index is 12.7. The predicted molar refractivity (Wildman–Crippen MR) is 70.0 cm³/mol. The number of nitrogens with two attached hydrogens (primary N) is 1. The standard InChI is InChI=1S/C15H12F3NO2/c16-15(17,18)11-3-1-2-9(6-11)14(19)10-4-5-12-13(7-10)21-8-20-12/h1-7,14H,8,19H2. The SMILES string of the molecule is NC(c1cccc(C(F)(F)F)c1)c1ccc2c(c1)OCO2. The van der Waals surface area contributed by atoms with Gasteiger partial charge in [-0.1, -0.05) is 18.2 Å². The lowest BCUT2D eigenvalue weighted by molar-refractivity contribution is -0.137. The average molecular weight is 295 g/mol. The van der Waals surface area contributed by atoms with Crippen molar-refractivity contribution in [3.63, 3.8) is 0 Å². The summed E-state index contributed by atoms with van der Waals surface area (Å²) in [5.41, 5.74) is 6.40. The number of rotatable bonds is 2. The summed E-state index contributed by atoms with van der Waals surface area (Å²) < 4.78 is 48.6. The van der Waals surface area contributed by atoms with E-state index in [9.17, 15) is 13.2 Å². The molecule has 1 aliphatic heterocycles. The summed E-state index contributed by atoms with van der Waals surface area (Å²) in [5, 5.41) is 0. The van der Waals surface area contributed by atoms with Crippen molar-refractivity contribution in [2.45, 2.75) is 12.2 Å². The highest BCUT2D eigenvalue weighted by molar-refractivity contribution is 5.47. The monoisotopic (exact) mass is 295 g/mol. The minimum absolute atomic E-state index is 0.136. The molecule has 0 bridgehead atoms. The van der Waals surface area contributed by atoms with E-state index in [4.69, 9.17) is 15.2 Å². The molecule has 0 amide bonds. The van der Waals surface area contributed by atoms with Gasteiger partial charge in [-0.3, -0.25) is 0 Å². The first kappa shape index (κ1) is 13.8. The molecule has 3 rings (SSSR count). The normalized spacial score (nSPS) is 15.0. The summed E-state index contributed by atoms with van der Waals surface area (Å²) in [7, 11) is 0. The Balaban J connectivity index is 1.93. The molecule has 0 spiro atoms. The van der Waals surface area contributed by atoms with Gasteiger partial charge in [0.25, 0.3) is 0 Å². The van der Waals surface area contributed by atoms with E-state index in [1.54, 1.807) is 24.3 Å². The van der Waals surface area contributed by atoms with Crippen molar-refractivity contribution in [1.82, 2.24) is 0 Å². The highest BCUT2D eigenvalue weighted by atomic mass is 19.4. The number of benzene rings is 2. The first-order valence-electron chi connectivity index (χ1n) is 6.27. The quantitative estimate of drug-likeness (QED) is 0.922. The molecular formula is C15H12F3NO2. The summed E-state index contributed by atoms with van der Waals surface area (Å²) in [4.78, 5) is 0. The van der Waals surface area contributed by atoms with Gasteiger partial charge in [-0.2, -0.15) is 13.2 Å². The second-order valence-corrected chi connectivity index (χ2v) is 4.71. The Kier molecular flexibility index (Phi) is 3.25. The first-order chi connectivity index (χ1) is 9.95. The first-order valence-corrected chi connectivity index (χ1v) is 6.27. The van der Waals surface area contributed by atoms with Gasteiger partial charge in [0.05, 0.1) is 11.6 Å². The molecule has 2 N–H and O–H groups in total. The Bertz CT molecular complexity index is 670. The van der Waals surface area contributed by atoms with Crippen LogP contribution in [-0.2, 0) is 6.18 Å². The number of ether oxygens (including phenoxy) is 2. The molecular weight excluding hydrogens is 283 g/mol. The minimum atomic E-state index is -4.38. The van der Waals surface area contributed by atoms with E-state index in [0.29, 0.717) is 22.6 Å². The van der Waals surface area contributed by atoms with Crippen LogP contribution < -0.4 is 15.2 Å². The fraction of sp³-hybridized carbons (Fsp3) is 0.200. The van der Waals surface area contributed by atoms with E-state index in [-0.39, 0.29) is 6.79 Å². The van der Waals surface area contributed by atoms with E-state index in [1.165, 1.54) is 6.07 Å². The number of alkyl halides is 3. The minimum Gasteiger partial charge on any atom is -0.454 e. The van der Waals surface area contributed by atoms with Crippen LogP contribution in [0.3, 0.4) is 0 Å². The zero-order chi connectivity index (χ0) is 15.0. The number of fused-ring (bicyclic) bond motifs is 1. The molecule has 1 heterocycles. The molecule has 2 aromatic carbocycles. The molecule has 0 aromatic heterocycles. The van der Waals surface area contributed by atoms with Gasteiger partial charge in [-0.15, -0.1) is 0 Å². The lowest BCUT2D eigenvalue weighted by Gasteiger charge is -2.15. The van der Waals surface area contributed by atoms with Crippen molar-refractivity contribution in [2.24, 2.45) is 5.73 Å². The Hall–Kier alpha value is -2.21. The third kappa shape index (κ3) is 2.67. The number of hydrogen-bond donors (Lipinski definition) is 1. The molecule has 0 radical (unpaired) electrons. The largest absolute Gasteiger partial charge is 0.454 e. The van der Waals surface area contributed by atoms with Gasteiger partial charge in [0.15, 0.2) is 11.5 Å². The van der Waals surface area contributed by atoms with E-state index in [2.05, 4.69) is 0 Å². The highest BCUT2D eigenvalue weighted by Crippen LogP contribution is 2.36. The van der Waals surface area contributed by atoms with Crippen molar-refractivity contribution in [3.8, 4) is 11.5 Å². The van der Waals surface area contributed by atoms with Crippen LogP contribution in [0.15, 0.2) is 42.5 Å². The Labute approximate surface area is 119 Å². The zero-order valence-electron chi connectivity index (χ0n) is 10.9. The summed E-state index contributed by atoms with van der Waals surface area (Å²) in [5.74, 6) is 1.16. The molecule has 3 nitrogen and oxygen atoms in total. The number of hydrogen-bond acceptors (Lipinski definition) is 3. The molecule has 6 heteroatoms. The molecule has 0 aliphatic carbocycles. The van der Waals surface area contributed by atoms with Crippen LogP contribution in [0.1, 0.15) is 22.7 Å². The van der Waals surface area contributed by atoms with Crippen molar-refractivity contribution >= 4 is 0 Å². The van der Waals surface area contributed by atoms with Crippen LogP contribution in [0.2, 0.25) is 0 Å². The average Bonchev–Trinajstić information content (AvgIpc) is 2.93. The van der Waals surface area contributed by atoms with Gasteiger partial charge in [0.1, 0.15) is 0 Å². The molecule has 1 atom stereocenters. The molecule has 0 saturated heterocycles. The van der Waals surface area contributed by atoms with E-state index < -0.39 is 17.8 Å². The van der Waals surface area contributed by atoms with Gasteiger partial charge < -0.3 is 15.2 Å². The predicted octanol–water partition coefficient (Wildman–Crippen LogP) is 3.48. The second-order valence-electron chi connectivity index (χ2n) is 4.71. The summed E-state index contributed by atoms with van der Waals surface area (Å²) in [6.07, 6.45) is -4.38. The van der Waals surface area contributed by atoms with Crippen LogP contribution in [0.4, 0.5) is 13.2 Å². The van der Waals surface area contributed by atoms with E-state index in [1.807, 2.05) is 0 Å². The Morgan fingerprint density at radius 1 is 0.952 bits per heavy atom. The molecule has 21 heavy (non-hydrogen) atoms. The van der Waals surface area contributed by atoms with Crippen LogP contribution in [0.25, 0.3) is 0 Å². The Morgan fingerprint density at radius 3 is 2.43 bits per heavy atom. The van der Waals surface area contributed by atoms with Crippen molar-refractivity contribution < 1.29 is 22.6 Å². The fourth-order valence-corrected chi connectivity index (χ4v) is 2.21. The van der Waals surface area contributed by atoms with Gasteiger partial charge in [0.2, 0.25) is 6.79 Å². The Morgan fingerprint density at radius 2 is 1.67 bits per heavy atom. The maximum Gasteiger partial charge on any atom is 0.416 e. The smallest absolute Gasteiger partial charge is 0.416 e. The van der Waals surface area contributed by atoms with Crippen LogP contribution >= 0.6 is 0 Å². The summed E-state index contributed by atoms with van der Waals surface area (Å²) in [6, 6.07) is 9.46. The molecule has 0 saturated carbocycles. The van der Waals surface area contributed by atoms with Crippen LogP contribution in [0, 0.1) is 0 Å². The van der Waals surface area contributed by atoms with Gasteiger partial charge in [-0.25, -0.2) is 0 Å². The number of halogens is 3. The van der Waals surface area contributed by atoms with E-state index >= 15 is 0 Å². The third-order valence-corrected chi connectivity index (χ3v) is 3.33. The van der Waals surface area contributed by atoms with Crippen LogP contribution in [0.5, 0.6) is 11.5 Å². The fourth-order valence-electron chi connectivity index (χ4n) is 2.21. The summed E-state index contributed by atoms with van der Waals surface area (Å²) >= 11 is 0. The molecule has 110 valence electrons.